The lowest BCUT2D eigenvalue weighted by Crippen LogP contribution is -2.45. The number of halogens is 1. The third kappa shape index (κ3) is 4.29. The molecule has 0 radical (unpaired) electrons. The lowest BCUT2D eigenvalue weighted by molar-refractivity contribution is -0.138. The summed E-state index contributed by atoms with van der Waals surface area (Å²) >= 11 is 0. The number of imidazole rings is 1. The van der Waals surface area contributed by atoms with Crippen LogP contribution in [0.2, 0.25) is 0 Å². The number of amides is 1. The van der Waals surface area contributed by atoms with E-state index in [4.69, 9.17) is 5.73 Å². The number of piperidine rings is 2. The predicted molar refractivity (Wildman–Crippen MR) is 119 cm³/mol. The van der Waals surface area contributed by atoms with Crippen LogP contribution in [0.1, 0.15) is 37.3 Å². The number of fused-ring (bicyclic) bond motifs is 1. The Morgan fingerprint density at radius 1 is 1.03 bits per heavy atom. The molecule has 0 bridgehead atoms. The maximum atomic E-state index is 13.4. The van der Waals surface area contributed by atoms with Gasteiger partial charge in [-0.05, 0) is 50.9 Å². The van der Waals surface area contributed by atoms with Crippen molar-refractivity contribution in [1.82, 2.24) is 29.3 Å². The molecule has 0 aliphatic carbocycles. The molecule has 1 aromatic carbocycles. The molecular weight excluding hydrogens is 409 g/mol. The zero-order chi connectivity index (χ0) is 22.1. The highest BCUT2D eigenvalue weighted by molar-refractivity contribution is 5.79. The van der Waals surface area contributed by atoms with Crippen LogP contribution in [-0.2, 0) is 11.3 Å². The van der Waals surface area contributed by atoms with E-state index in [1.165, 1.54) is 12.1 Å². The molecule has 9 heteroatoms. The van der Waals surface area contributed by atoms with E-state index < -0.39 is 0 Å². The van der Waals surface area contributed by atoms with E-state index in [0.717, 1.165) is 69.5 Å². The summed E-state index contributed by atoms with van der Waals surface area (Å²) in [6.07, 6.45) is 8.88. The number of likely N-dealkylation sites (tertiary alicyclic amines) is 2. The van der Waals surface area contributed by atoms with Crippen molar-refractivity contribution in [3.8, 4) is 0 Å². The highest BCUT2D eigenvalue weighted by Crippen LogP contribution is 2.29. The van der Waals surface area contributed by atoms with Crippen molar-refractivity contribution in [1.29, 1.82) is 0 Å². The van der Waals surface area contributed by atoms with Crippen molar-refractivity contribution in [3.63, 3.8) is 0 Å². The maximum absolute atomic E-state index is 13.4. The average molecular weight is 438 g/mol. The molecular formula is C23H28FN7O. The highest BCUT2D eigenvalue weighted by atomic mass is 19.1. The Bertz CT molecular complexity index is 1080. The van der Waals surface area contributed by atoms with E-state index in [-0.39, 0.29) is 23.6 Å². The van der Waals surface area contributed by atoms with Crippen molar-refractivity contribution in [2.45, 2.75) is 38.3 Å². The molecule has 0 unspecified atom stereocenters. The number of hydrogen-bond donors (Lipinski definition) is 1. The number of nitrogens with zero attached hydrogens (tertiary/aromatic N) is 6. The molecule has 0 spiro atoms. The Labute approximate surface area is 186 Å². The van der Waals surface area contributed by atoms with Crippen molar-refractivity contribution < 1.29 is 9.18 Å². The summed E-state index contributed by atoms with van der Waals surface area (Å²) in [6.45, 7) is 4.10. The number of carbonyl (C=O) groups excluding carboxylic acids is 1. The second-order valence-corrected chi connectivity index (χ2v) is 8.84. The normalized spacial score (nSPS) is 19.0. The second-order valence-electron chi connectivity index (χ2n) is 8.84. The zero-order valence-electron chi connectivity index (χ0n) is 18.0. The van der Waals surface area contributed by atoms with Gasteiger partial charge >= 0.3 is 0 Å². The number of rotatable bonds is 4. The van der Waals surface area contributed by atoms with Crippen LogP contribution in [0.3, 0.4) is 0 Å². The highest BCUT2D eigenvalue weighted by Gasteiger charge is 2.31. The molecule has 2 saturated heterocycles. The fourth-order valence-corrected chi connectivity index (χ4v) is 4.96. The molecule has 1 amide bonds. The van der Waals surface area contributed by atoms with Gasteiger partial charge in [0.1, 0.15) is 5.82 Å². The Kier molecular flexibility index (Phi) is 5.73. The molecule has 168 valence electrons. The van der Waals surface area contributed by atoms with E-state index in [0.29, 0.717) is 11.6 Å². The number of nitrogen functional groups attached to an aromatic ring is 1. The minimum atomic E-state index is -0.268. The van der Waals surface area contributed by atoms with Gasteiger partial charge in [-0.15, -0.1) is 0 Å². The predicted octanol–water partition coefficient (Wildman–Crippen LogP) is 2.62. The van der Waals surface area contributed by atoms with Crippen LogP contribution in [0.15, 0.2) is 36.9 Å². The number of benzene rings is 1. The van der Waals surface area contributed by atoms with Gasteiger partial charge in [0.25, 0.3) is 0 Å². The molecule has 5 rings (SSSR count). The monoisotopic (exact) mass is 437 g/mol. The molecule has 2 fully saturated rings. The summed E-state index contributed by atoms with van der Waals surface area (Å²) in [5.41, 5.74) is 8.23. The Balaban J connectivity index is 1.13. The van der Waals surface area contributed by atoms with Gasteiger partial charge in [-0.3, -0.25) is 9.69 Å². The Morgan fingerprint density at radius 3 is 2.47 bits per heavy atom. The van der Waals surface area contributed by atoms with Crippen LogP contribution in [0.25, 0.3) is 11.0 Å². The second kappa shape index (κ2) is 8.82. The van der Waals surface area contributed by atoms with Gasteiger partial charge in [0, 0.05) is 55.6 Å². The SMILES string of the molecule is Nc1ncc(CN2CCC(C(=O)N3CCC(n4cnc5cc(F)ccc54)CC3)CC2)cn1. The largest absolute Gasteiger partial charge is 0.368 e. The number of anilines is 1. The van der Waals surface area contributed by atoms with Crippen LogP contribution >= 0.6 is 0 Å². The van der Waals surface area contributed by atoms with Crippen LogP contribution in [0.5, 0.6) is 0 Å². The van der Waals surface area contributed by atoms with Gasteiger partial charge in [0.05, 0.1) is 17.4 Å². The summed E-state index contributed by atoms with van der Waals surface area (Å²) in [6, 6.07) is 5.03. The summed E-state index contributed by atoms with van der Waals surface area (Å²) in [5, 5.41) is 0. The quantitative estimate of drug-likeness (QED) is 0.675. The number of hydrogen-bond acceptors (Lipinski definition) is 6. The number of nitrogens with two attached hydrogens (primary N) is 1. The molecule has 4 heterocycles. The molecule has 3 aromatic rings. The number of carbonyl (C=O) groups is 1. The lowest BCUT2D eigenvalue weighted by Gasteiger charge is -2.37. The molecule has 0 atom stereocenters. The fourth-order valence-electron chi connectivity index (χ4n) is 4.96. The summed E-state index contributed by atoms with van der Waals surface area (Å²) in [4.78, 5) is 29.9. The summed E-state index contributed by atoms with van der Waals surface area (Å²) < 4.78 is 15.6. The smallest absolute Gasteiger partial charge is 0.225 e. The first-order chi connectivity index (χ1) is 15.6. The van der Waals surface area contributed by atoms with E-state index in [1.807, 2.05) is 4.90 Å². The van der Waals surface area contributed by atoms with Gasteiger partial charge in [-0.25, -0.2) is 19.3 Å². The minimum Gasteiger partial charge on any atom is -0.368 e. The van der Waals surface area contributed by atoms with Crippen molar-refractivity contribution in [3.05, 3.63) is 48.3 Å². The topological polar surface area (TPSA) is 93.2 Å². The minimum absolute atomic E-state index is 0.0996. The van der Waals surface area contributed by atoms with E-state index in [2.05, 4.69) is 24.4 Å². The Hall–Kier alpha value is -3.07. The molecule has 2 aliphatic heterocycles. The molecule has 32 heavy (non-hydrogen) atoms. The first kappa shape index (κ1) is 20.8. The van der Waals surface area contributed by atoms with Gasteiger partial charge < -0.3 is 15.2 Å². The van der Waals surface area contributed by atoms with Gasteiger partial charge in [-0.1, -0.05) is 0 Å². The van der Waals surface area contributed by atoms with E-state index >= 15 is 0 Å². The van der Waals surface area contributed by atoms with E-state index in [1.54, 1.807) is 24.8 Å². The van der Waals surface area contributed by atoms with Crippen LogP contribution in [0.4, 0.5) is 10.3 Å². The Morgan fingerprint density at radius 2 is 1.75 bits per heavy atom. The third-order valence-corrected chi connectivity index (χ3v) is 6.77. The zero-order valence-corrected chi connectivity index (χ0v) is 18.0. The van der Waals surface area contributed by atoms with E-state index in [9.17, 15) is 9.18 Å². The molecule has 2 aliphatic rings. The standard InChI is InChI=1S/C23H28FN7O/c24-18-1-2-21-20(11-18)28-15-31(21)19-5-9-30(10-6-19)22(32)17-3-7-29(8-4-17)14-16-12-26-23(25)27-13-16/h1-2,11-13,15,17,19H,3-10,14H2,(H2,25,26,27). The molecule has 0 saturated carbocycles. The molecule has 8 nitrogen and oxygen atoms in total. The lowest BCUT2D eigenvalue weighted by atomic mass is 9.93. The van der Waals surface area contributed by atoms with Crippen molar-refractivity contribution in [2.24, 2.45) is 5.92 Å². The fraction of sp³-hybridized carbons (Fsp3) is 0.478. The third-order valence-electron chi connectivity index (χ3n) is 6.77. The van der Waals surface area contributed by atoms with Crippen LogP contribution in [0, 0.1) is 11.7 Å². The van der Waals surface area contributed by atoms with Gasteiger partial charge in [0.15, 0.2) is 0 Å². The number of aromatic nitrogens is 4. The van der Waals surface area contributed by atoms with Gasteiger partial charge in [-0.2, -0.15) is 0 Å². The van der Waals surface area contributed by atoms with Gasteiger partial charge in [0.2, 0.25) is 11.9 Å². The first-order valence-electron chi connectivity index (χ1n) is 11.3. The van der Waals surface area contributed by atoms with Crippen molar-refractivity contribution in [2.75, 3.05) is 31.9 Å². The molecule has 2 N–H and O–H groups in total. The van der Waals surface area contributed by atoms with Crippen molar-refractivity contribution >= 4 is 22.9 Å². The summed E-state index contributed by atoms with van der Waals surface area (Å²) in [7, 11) is 0. The van der Waals surface area contributed by atoms with Crippen LogP contribution < -0.4 is 5.73 Å². The average Bonchev–Trinajstić information content (AvgIpc) is 3.24. The molecule has 2 aromatic heterocycles. The maximum Gasteiger partial charge on any atom is 0.225 e. The van der Waals surface area contributed by atoms with Crippen LogP contribution in [-0.4, -0.2) is 61.4 Å². The summed E-state index contributed by atoms with van der Waals surface area (Å²) in [5.74, 6) is 0.409. The first-order valence-corrected chi connectivity index (χ1v) is 11.3.